The van der Waals surface area contributed by atoms with E-state index < -0.39 is 0 Å². The minimum Gasteiger partial charge on any atom is -0.367 e. The molecule has 1 atom stereocenters. The van der Waals surface area contributed by atoms with Gasteiger partial charge in [-0.3, -0.25) is 0 Å². The molecule has 1 aromatic rings. The summed E-state index contributed by atoms with van der Waals surface area (Å²) < 4.78 is 0. The number of nitrogens with zero attached hydrogens (tertiary/aromatic N) is 2. The molecule has 0 aliphatic heterocycles. The fourth-order valence-electron chi connectivity index (χ4n) is 2.24. The highest BCUT2D eigenvalue weighted by molar-refractivity contribution is 5.57. The van der Waals surface area contributed by atoms with Crippen molar-refractivity contribution in [2.75, 3.05) is 10.7 Å². The topological polar surface area (TPSA) is 75.9 Å². The lowest BCUT2D eigenvalue weighted by Gasteiger charge is -2.24. The molecule has 1 aromatic heterocycles. The molecule has 0 aliphatic rings. The third kappa shape index (κ3) is 3.32. The summed E-state index contributed by atoms with van der Waals surface area (Å²) in [6.07, 6.45) is 2.32. The molecular weight excluding hydrogens is 226 g/mol. The third-order valence-electron chi connectivity index (χ3n) is 3.51. The number of aryl methyl sites for hydroxylation is 1. The molecule has 1 heterocycles. The first kappa shape index (κ1) is 14.7. The normalized spacial score (nSPS) is 12.6. The fourth-order valence-corrected chi connectivity index (χ4v) is 2.24. The Morgan fingerprint density at radius 3 is 2.17 bits per heavy atom. The molecule has 18 heavy (non-hydrogen) atoms. The minimum atomic E-state index is 0.388. The average Bonchev–Trinajstić information content (AvgIpc) is 2.34. The zero-order valence-electron chi connectivity index (χ0n) is 12.0. The van der Waals surface area contributed by atoms with Gasteiger partial charge in [0.15, 0.2) is 0 Å². The van der Waals surface area contributed by atoms with Gasteiger partial charge < -0.3 is 10.7 Å². The molecule has 1 unspecified atom stereocenters. The smallest absolute Gasteiger partial charge is 0.148 e. The number of anilines is 2. The van der Waals surface area contributed by atoms with E-state index in [9.17, 15) is 0 Å². The van der Waals surface area contributed by atoms with E-state index in [-0.39, 0.29) is 0 Å². The number of aromatic nitrogens is 2. The largest absolute Gasteiger partial charge is 0.367 e. The van der Waals surface area contributed by atoms with E-state index in [2.05, 4.69) is 41.5 Å². The molecule has 5 nitrogen and oxygen atoms in total. The SMILES string of the molecule is CCC(CC)C(C)Nc1nc(C)nc(NN)c1C. The Morgan fingerprint density at radius 1 is 1.11 bits per heavy atom. The highest BCUT2D eigenvalue weighted by Gasteiger charge is 2.16. The molecule has 0 bridgehead atoms. The highest BCUT2D eigenvalue weighted by atomic mass is 15.3. The molecule has 0 spiro atoms. The van der Waals surface area contributed by atoms with E-state index in [4.69, 9.17) is 5.84 Å². The Hall–Kier alpha value is -1.36. The van der Waals surface area contributed by atoms with E-state index in [0.717, 1.165) is 24.2 Å². The maximum atomic E-state index is 5.46. The molecule has 0 aliphatic carbocycles. The number of nitrogen functional groups attached to an aromatic ring is 1. The van der Waals surface area contributed by atoms with Crippen molar-refractivity contribution >= 4 is 11.6 Å². The summed E-state index contributed by atoms with van der Waals surface area (Å²) >= 11 is 0. The Kier molecular flexibility index (Phi) is 5.34. The van der Waals surface area contributed by atoms with Crippen LogP contribution >= 0.6 is 0 Å². The second-order valence-corrected chi connectivity index (χ2v) is 4.75. The van der Waals surface area contributed by atoms with Gasteiger partial charge in [0.1, 0.15) is 17.5 Å². The number of hydrogen-bond donors (Lipinski definition) is 3. The quantitative estimate of drug-likeness (QED) is 0.535. The van der Waals surface area contributed by atoms with Crippen molar-refractivity contribution in [3.8, 4) is 0 Å². The van der Waals surface area contributed by atoms with Crippen molar-refractivity contribution in [1.82, 2.24) is 9.97 Å². The van der Waals surface area contributed by atoms with Gasteiger partial charge in [-0.25, -0.2) is 15.8 Å². The summed E-state index contributed by atoms with van der Waals surface area (Å²) in [5.41, 5.74) is 3.57. The lowest BCUT2D eigenvalue weighted by molar-refractivity contribution is 0.437. The van der Waals surface area contributed by atoms with Crippen LogP contribution in [0.25, 0.3) is 0 Å². The summed E-state index contributed by atoms with van der Waals surface area (Å²) in [4.78, 5) is 8.71. The predicted molar refractivity (Wildman–Crippen MR) is 76.5 cm³/mol. The summed E-state index contributed by atoms with van der Waals surface area (Å²) in [6.45, 7) is 10.5. The molecule has 0 fully saturated rings. The molecule has 0 amide bonds. The standard InChI is InChI=1S/C13H25N5/c1-6-11(7-2)9(4)15-12-8(3)13(18-14)17-10(5)16-12/h9,11H,6-7,14H2,1-5H3,(H2,15,16,17,18). The average molecular weight is 251 g/mol. The molecule has 4 N–H and O–H groups in total. The molecule has 5 heteroatoms. The number of hydrazine groups is 1. The van der Waals surface area contributed by atoms with Gasteiger partial charge in [-0.2, -0.15) is 0 Å². The Balaban J connectivity index is 2.93. The lowest BCUT2D eigenvalue weighted by atomic mass is 9.95. The van der Waals surface area contributed by atoms with Crippen LogP contribution < -0.4 is 16.6 Å². The van der Waals surface area contributed by atoms with Gasteiger partial charge in [-0.1, -0.05) is 26.7 Å². The number of rotatable bonds is 6. The van der Waals surface area contributed by atoms with Gasteiger partial charge in [-0.15, -0.1) is 0 Å². The number of hydrogen-bond acceptors (Lipinski definition) is 5. The molecule has 0 saturated carbocycles. The van der Waals surface area contributed by atoms with Crippen LogP contribution in [-0.4, -0.2) is 16.0 Å². The Labute approximate surface area is 110 Å². The van der Waals surface area contributed by atoms with E-state index in [1.165, 1.54) is 0 Å². The van der Waals surface area contributed by atoms with Gasteiger partial charge in [0, 0.05) is 11.6 Å². The number of nitrogens with two attached hydrogens (primary N) is 1. The zero-order chi connectivity index (χ0) is 13.7. The first-order chi connectivity index (χ1) is 8.53. The van der Waals surface area contributed by atoms with Gasteiger partial charge in [0.05, 0.1) is 0 Å². The number of nitrogens with one attached hydrogen (secondary N) is 2. The molecule has 0 aromatic carbocycles. The second-order valence-electron chi connectivity index (χ2n) is 4.75. The minimum absolute atomic E-state index is 0.388. The lowest BCUT2D eigenvalue weighted by Crippen LogP contribution is -2.26. The van der Waals surface area contributed by atoms with E-state index in [1.807, 2.05) is 13.8 Å². The van der Waals surface area contributed by atoms with Gasteiger partial charge in [0.25, 0.3) is 0 Å². The van der Waals surface area contributed by atoms with Gasteiger partial charge >= 0.3 is 0 Å². The maximum absolute atomic E-state index is 5.46. The third-order valence-corrected chi connectivity index (χ3v) is 3.51. The first-order valence-electron chi connectivity index (χ1n) is 6.61. The van der Waals surface area contributed by atoms with Crippen LogP contribution in [0.5, 0.6) is 0 Å². The van der Waals surface area contributed by atoms with Crippen LogP contribution in [0, 0.1) is 19.8 Å². The van der Waals surface area contributed by atoms with E-state index in [0.29, 0.717) is 23.6 Å². The Morgan fingerprint density at radius 2 is 1.67 bits per heavy atom. The summed E-state index contributed by atoms with van der Waals surface area (Å²) in [5, 5.41) is 3.48. The summed E-state index contributed by atoms with van der Waals surface area (Å²) in [5.74, 6) is 8.38. The van der Waals surface area contributed by atoms with Crippen molar-refractivity contribution in [3.05, 3.63) is 11.4 Å². The van der Waals surface area contributed by atoms with Crippen molar-refractivity contribution in [1.29, 1.82) is 0 Å². The Bertz CT molecular complexity index is 387. The second kappa shape index (κ2) is 6.54. The van der Waals surface area contributed by atoms with Crippen LogP contribution in [0.15, 0.2) is 0 Å². The van der Waals surface area contributed by atoms with Crippen LogP contribution in [0.3, 0.4) is 0 Å². The van der Waals surface area contributed by atoms with E-state index >= 15 is 0 Å². The van der Waals surface area contributed by atoms with Crippen molar-refractivity contribution in [2.45, 2.75) is 53.5 Å². The molecule has 0 radical (unpaired) electrons. The van der Waals surface area contributed by atoms with E-state index in [1.54, 1.807) is 0 Å². The first-order valence-corrected chi connectivity index (χ1v) is 6.61. The predicted octanol–water partition coefficient (Wildman–Crippen LogP) is 2.62. The van der Waals surface area contributed by atoms with Gasteiger partial charge in [-0.05, 0) is 26.7 Å². The molecule has 0 saturated heterocycles. The van der Waals surface area contributed by atoms with Crippen molar-refractivity contribution in [3.63, 3.8) is 0 Å². The van der Waals surface area contributed by atoms with Crippen LogP contribution in [0.2, 0.25) is 0 Å². The van der Waals surface area contributed by atoms with Gasteiger partial charge in [0.2, 0.25) is 0 Å². The molecular formula is C13H25N5. The summed E-state index contributed by atoms with van der Waals surface area (Å²) in [6, 6.07) is 0.388. The molecule has 1 rings (SSSR count). The fraction of sp³-hybridized carbons (Fsp3) is 0.692. The molecule has 102 valence electrons. The maximum Gasteiger partial charge on any atom is 0.148 e. The van der Waals surface area contributed by atoms with Crippen LogP contribution in [0.4, 0.5) is 11.6 Å². The van der Waals surface area contributed by atoms with Crippen molar-refractivity contribution in [2.24, 2.45) is 11.8 Å². The summed E-state index contributed by atoms with van der Waals surface area (Å²) in [7, 11) is 0. The van der Waals surface area contributed by atoms with Crippen LogP contribution in [-0.2, 0) is 0 Å². The van der Waals surface area contributed by atoms with Crippen LogP contribution in [0.1, 0.15) is 45.0 Å². The zero-order valence-corrected chi connectivity index (χ0v) is 12.0. The monoisotopic (exact) mass is 251 g/mol. The highest BCUT2D eigenvalue weighted by Crippen LogP contribution is 2.22. The van der Waals surface area contributed by atoms with Crippen molar-refractivity contribution < 1.29 is 0 Å².